The Labute approximate surface area is 149 Å². The molecule has 3 radical (unpaired) electrons. The number of hydrogen-bond donors (Lipinski definition) is 1. The van der Waals surface area contributed by atoms with Gasteiger partial charge in [-0.15, -0.1) is 7.05 Å². The van der Waals surface area contributed by atoms with Gasteiger partial charge in [-0.3, -0.25) is 9.59 Å². The normalized spacial score (nSPS) is 13.7. The molecule has 0 amide bonds. The summed E-state index contributed by atoms with van der Waals surface area (Å²) in [5.74, 6) is -0.438. The van der Waals surface area contributed by atoms with Crippen molar-refractivity contribution in [3.8, 4) is 0 Å². The predicted molar refractivity (Wildman–Crippen MR) is 70.0 cm³/mol. The van der Waals surface area contributed by atoms with Crippen molar-refractivity contribution in [2.24, 2.45) is 0 Å². The second kappa shape index (κ2) is 7.26. The summed E-state index contributed by atoms with van der Waals surface area (Å²) in [6, 6.07) is 6.75. The van der Waals surface area contributed by atoms with E-state index in [-0.39, 0.29) is 67.0 Å². The van der Waals surface area contributed by atoms with Crippen molar-refractivity contribution in [2.75, 3.05) is 13.6 Å². The maximum absolute atomic E-state index is 12.3. The molecule has 1 aliphatic carbocycles. The van der Waals surface area contributed by atoms with Gasteiger partial charge in [-0.2, -0.15) is 0 Å². The number of likely N-dealkylation sites (N-methyl/N-ethyl adjacent to an activating group) is 1. The fourth-order valence-corrected chi connectivity index (χ4v) is 1.94. The fraction of sp³-hybridized carbons (Fsp3) is 0.231. The Morgan fingerprint density at radius 2 is 1.74 bits per heavy atom. The summed E-state index contributed by atoms with van der Waals surface area (Å²) in [5, 5.41) is 6.80. The van der Waals surface area contributed by atoms with Crippen molar-refractivity contribution in [2.45, 2.75) is 6.32 Å². The molecule has 4 nitrogen and oxygen atoms in total. The minimum absolute atomic E-state index is 0. The summed E-state index contributed by atoms with van der Waals surface area (Å²) in [6.07, 6.45) is 0.379. The molecule has 0 heterocycles. The second-order valence-electron chi connectivity index (χ2n) is 3.87. The van der Waals surface area contributed by atoms with Crippen LogP contribution >= 0.6 is 0 Å². The number of carbonyl (C=O) groups is 2. The van der Waals surface area contributed by atoms with E-state index < -0.39 is 0 Å². The van der Waals surface area contributed by atoms with Crippen LogP contribution in [0.3, 0.4) is 0 Å². The molecule has 1 aliphatic rings. The third-order valence-corrected chi connectivity index (χ3v) is 2.76. The molecule has 2 rings (SSSR count). The largest absolute Gasteiger partial charge is 0.682 e. The molecule has 0 saturated heterocycles. The number of rotatable bonds is 4. The van der Waals surface area contributed by atoms with Crippen LogP contribution in [0.5, 0.6) is 0 Å². The van der Waals surface area contributed by atoms with Gasteiger partial charge in [-0.1, -0.05) is 36.3 Å². The van der Waals surface area contributed by atoms with Crippen molar-refractivity contribution >= 4 is 19.4 Å². The van der Waals surface area contributed by atoms with Crippen LogP contribution in [0.1, 0.15) is 20.7 Å². The first-order valence-electron chi connectivity index (χ1n) is 5.67. The second-order valence-corrected chi connectivity index (χ2v) is 3.87. The van der Waals surface area contributed by atoms with Crippen LogP contribution in [-0.4, -0.2) is 33.0 Å². The maximum atomic E-state index is 12.3. The average molecular weight is 466 g/mol. The first-order valence-corrected chi connectivity index (χ1v) is 5.67. The van der Waals surface area contributed by atoms with Gasteiger partial charge in [0, 0.05) is 61.7 Å². The zero-order valence-electron chi connectivity index (χ0n) is 10.6. The molecule has 0 fully saturated rings. The SMILES string of the molecule is [Ac].[B]CCNC1=C([N-]C)C(=O)c2ccccc2C1=O. The molecule has 0 atom stereocenters. The van der Waals surface area contributed by atoms with Crippen LogP contribution < -0.4 is 5.32 Å². The molecule has 93 valence electrons. The number of fused-ring (bicyclic) bond motifs is 1. The van der Waals surface area contributed by atoms with Crippen LogP contribution in [0.2, 0.25) is 6.32 Å². The van der Waals surface area contributed by atoms with Gasteiger partial charge in [-0.25, -0.2) is 0 Å². The fourth-order valence-electron chi connectivity index (χ4n) is 1.94. The summed E-state index contributed by atoms with van der Waals surface area (Å²) in [4.78, 5) is 24.5. The van der Waals surface area contributed by atoms with E-state index in [9.17, 15) is 9.59 Å². The number of benzene rings is 1. The Bertz CT molecular complexity index is 543. The molecule has 1 aromatic rings. The molecule has 6 heteroatoms. The Morgan fingerprint density at radius 1 is 1.16 bits per heavy atom. The van der Waals surface area contributed by atoms with E-state index in [1.165, 1.54) is 7.05 Å². The number of ketones is 2. The van der Waals surface area contributed by atoms with Gasteiger partial charge in [0.2, 0.25) is 5.78 Å². The molecular formula is C13H12AcBN2O2-. The van der Waals surface area contributed by atoms with Gasteiger partial charge < -0.3 is 10.6 Å². The van der Waals surface area contributed by atoms with Crippen molar-refractivity contribution in [3.63, 3.8) is 0 Å². The molecule has 0 aromatic heterocycles. The van der Waals surface area contributed by atoms with Crippen molar-refractivity contribution in [3.05, 3.63) is 52.1 Å². The van der Waals surface area contributed by atoms with E-state index in [2.05, 4.69) is 10.6 Å². The van der Waals surface area contributed by atoms with E-state index in [0.717, 1.165) is 0 Å². The quantitative estimate of drug-likeness (QED) is 0.685. The number of allylic oxidation sites excluding steroid dienone is 2. The zero-order chi connectivity index (χ0) is 13.1. The minimum Gasteiger partial charge on any atom is -0.682 e. The van der Waals surface area contributed by atoms with Crippen LogP contribution in [0.4, 0.5) is 0 Å². The predicted octanol–water partition coefficient (Wildman–Crippen LogP) is 1.46. The molecule has 1 aromatic carbocycles. The summed E-state index contributed by atoms with van der Waals surface area (Å²) < 4.78 is 0. The number of nitrogens with one attached hydrogen (secondary N) is 1. The van der Waals surface area contributed by atoms with Crippen LogP contribution in [0.15, 0.2) is 35.7 Å². The molecule has 0 unspecified atom stereocenters. The van der Waals surface area contributed by atoms with E-state index in [1.54, 1.807) is 24.3 Å². The summed E-state index contributed by atoms with van der Waals surface area (Å²) in [5.41, 5.74) is 1.23. The average Bonchev–Trinajstić information content (AvgIpc) is 2.41. The number of hydrogen-bond acceptors (Lipinski definition) is 3. The monoisotopic (exact) mass is 466 g/mol. The first-order chi connectivity index (χ1) is 8.70. The van der Waals surface area contributed by atoms with Crippen LogP contribution in [0.25, 0.3) is 5.32 Å². The van der Waals surface area contributed by atoms with E-state index >= 15 is 0 Å². The minimum atomic E-state index is -0.229. The van der Waals surface area contributed by atoms with E-state index in [0.29, 0.717) is 24.0 Å². The van der Waals surface area contributed by atoms with E-state index in [4.69, 9.17) is 7.85 Å². The van der Waals surface area contributed by atoms with Crippen molar-refractivity contribution < 1.29 is 53.7 Å². The van der Waals surface area contributed by atoms with Crippen molar-refractivity contribution in [1.82, 2.24) is 5.32 Å². The van der Waals surface area contributed by atoms with E-state index in [1.807, 2.05) is 0 Å². The Morgan fingerprint density at radius 3 is 2.26 bits per heavy atom. The molecule has 0 saturated carbocycles. The van der Waals surface area contributed by atoms with Crippen molar-refractivity contribution in [1.29, 1.82) is 0 Å². The molecule has 1 N–H and O–H groups in total. The third kappa shape index (κ3) is 3.12. The van der Waals surface area contributed by atoms with Gasteiger partial charge in [-0.05, 0) is 0 Å². The van der Waals surface area contributed by atoms with Gasteiger partial charge in [0.05, 0.1) is 13.5 Å². The molecular weight excluding hydrogens is 454 g/mol. The molecule has 0 aliphatic heterocycles. The van der Waals surface area contributed by atoms with Crippen LogP contribution in [0, 0.1) is 44.1 Å². The topological polar surface area (TPSA) is 60.3 Å². The van der Waals surface area contributed by atoms with Gasteiger partial charge in [0.15, 0.2) is 5.78 Å². The van der Waals surface area contributed by atoms with Gasteiger partial charge >= 0.3 is 0 Å². The third-order valence-electron chi connectivity index (χ3n) is 2.76. The molecule has 0 bridgehead atoms. The first kappa shape index (κ1) is 16.5. The number of nitrogens with zero attached hydrogens (tertiary/aromatic N) is 1. The summed E-state index contributed by atoms with van der Waals surface area (Å²) >= 11 is 0. The number of carbonyl (C=O) groups excluding carboxylic acids is 2. The Kier molecular flexibility index (Phi) is 6.29. The molecule has 19 heavy (non-hydrogen) atoms. The van der Waals surface area contributed by atoms with Crippen LogP contribution in [-0.2, 0) is 0 Å². The summed E-state index contributed by atoms with van der Waals surface area (Å²) in [6.45, 7) is 0.426. The van der Waals surface area contributed by atoms with Gasteiger partial charge in [0.25, 0.3) is 0 Å². The standard InChI is InChI=1S/C13H13BN2O2.Ac/c1-15-10-11(16-7-6-14)13(18)9-5-3-2-4-8(9)12(10)17;/h2-5H,6-7H2,1H3,(H2,15,16,17,18);/p-1. The number of Topliss-reactive ketones (excluding diaryl/α,β-unsaturated/α-hetero) is 2. The smallest absolute Gasteiger partial charge is 0.208 e. The summed E-state index contributed by atoms with van der Waals surface area (Å²) in [7, 11) is 6.89. The van der Waals surface area contributed by atoms with Gasteiger partial charge in [0.1, 0.15) is 0 Å². The Balaban J connectivity index is 0.00000180. The Hall–Kier alpha value is -0.594. The molecule has 0 spiro atoms. The zero-order valence-corrected chi connectivity index (χ0v) is 15.4. The maximum Gasteiger partial charge on any atom is 0.208 e.